The summed E-state index contributed by atoms with van der Waals surface area (Å²) in [6.45, 7) is 6.19. The van der Waals surface area contributed by atoms with Crippen LogP contribution in [-0.2, 0) is 4.74 Å². The first-order valence-electron chi connectivity index (χ1n) is 8.82. The van der Waals surface area contributed by atoms with Gasteiger partial charge in [0.05, 0.1) is 12.2 Å². The highest BCUT2D eigenvalue weighted by Crippen LogP contribution is 2.34. The van der Waals surface area contributed by atoms with Gasteiger partial charge in [0.1, 0.15) is 13.2 Å². The van der Waals surface area contributed by atoms with Crippen molar-refractivity contribution in [2.75, 3.05) is 52.6 Å². The number of fused-ring (bicyclic) bond motifs is 1. The number of hydrogen-bond acceptors (Lipinski definition) is 5. The van der Waals surface area contributed by atoms with Gasteiger partial charge in [0, 0.05) is 38.8 Å². The first kappa shape index (κ1) is 15.7. The summed E-state index contributed by atoms with van der Waals surface area (Å²) in [4.78, 5) is 17.4. The van der Waals surface area contributed by atoms with Crippen LogP contribution in [0.4, 0.5) is 0 Å². The third kappa shape index (κ3) is 3.08. The molecule has 6 heteroatoms. The van der Waals surface area contributed by atoms with Crippen molar-refractivity contribution in [2.24, 2.45) is 0 Å². The van der Waals surface area contributed by atoms with Gasteiger partial charge in [-0.2, -0.15) is 0 Å². The number of nitrogens with zero attached hydrogens (tertiary/aromatic N) is 2. The second kappa shape index (κ2) is 6.99. The molecule has 4 rings (SSSR count). The zero-order chi connectivity index (χ0) is 16.4. The Hall–Kier alpha value is -1.79. The quantitative estimate of drug-likeness (QED) is 0.819. The van der Waals surface area contributed by atoms with Gasteiger partial charge in [0.25, 0.3) is 5.91 Å². The van der Waals surface area contributed by atoms with Gasteiger partial charge in [0.2, 0.25) is 0 Å². The van der Waals surface area contributed by atoms with Crippen molar-refractivity contribution in [2.45, 2.75) is 18.9 Å². The Morgan fingerprint density at radius 1 is 1.04 bits per heavy atom. The molecule has 0 N–H and O–H groups in total. The fourth-order valence-corrected chi connectivity index (χ4v) is 3.73. The Bertz CT molecular complexity index is 601. The number of rotatable bonds is 2. The molecule has 6 nitrogen and oxygen atoms in total. The van der Waals surface area contributed by atoms with Gasteiger partial charge in [0.15, 0.2) is 11.5 Å². The number of para-hydroxylation sites is 1. The van der Waals surface area contributed by atoms with Gasteiger partial charge in [-0.25, -0.2) is 0 Å². The molecule has 0 saturated carbocycles. The lowest BCUT2D eigenvalue weighted by molar-refractivity contribution is 0.0746. The maximum absolute atomic E-state index is 13.0. The fourth-order valence-electron chi connectivity index (χ4n) is 3.73. The lowest BCUT2D eigenvalue weighted by Crippen LogP contribution is -2.40. The first-order chi connectivity index (χ1) is 11.8. The van der Waals surface area contributed by atoms with Crippen LogP contribution in [-0.4, -0.2) is 74.4 Å². The van der Waals surface area contributed by atoms with Gasteiger partial charge >= 0.3 is 0 Å². The van der Waals surface area contributed by atoms with Crippen molar-refractivity contribution < 1.29 is 19.0 Å². The molecule has 0 radical (unpaired) electrons. The number of carbonyl (C=O) groups is 1. The monoisotopic (exact) mass is 332 g/mol. The van der Waals surface area contributed by atoms with E-state index in [4.69, 9.17) is 14.2 Å². The molecule has 2 fully saturated rings. The standard InChI is InChI=1S/C18H24N2O4/c21-18(15-3-1-4-16-17(15)24-12-11-23-16)20-7-2-6-19(8-9-20)14-5-10-22-13-14/h1,3-4,14H,2,5-13H2. The number of ether oxygens (including phenoxy) is 3. The normalized spacial score (nSPS) is 24.7. The molecule has 0 aromatic heterocycles. The maximum atomic E-state index is 13.0. The van der Waals surface area contributed by atoms with E-state index in [-0.39, 0.29) is 5.91 Å². The van der Waals surface area contributed by atoms with E-state index >= 15 is 0 Å². The van der Waals surface area contributed by atoms with Crippen molar-refractivity contribution in [1.29, 1.82) is 0 Å². The summed E-state index contributed by atoms with van der Waals surface area (Å²) >= 11 is 0. The Balaban J connectivity index is 1.47. The van der Waals surface area contributed by atoms with E-state index in [2.05, 4.69) is 4.90 Å². The highest BCUT2D eigenvalue weighted by molar-refractivity contribution is 5.98. The Kier molecular flexibility index (Phi) is 4.58. The SMILES string of the molecule is O=C(c1cccc2c1OCCO2)N1CCCN(C2CCOC2)CC1. The van der Waals surface area contributed by atoms with Crippen LogP contribution in [0.2, 0.25) is 0 Å². The van der Waals surface area contributed by atoms with E-state index in [0.717, 1.165) is 52.2 Å². The lowest BCUT2D eigenvalue weighted by Gasteiger charge is -2.27. The smallest absolute Gasteiger partial charge is 0.257 e. The zero-order valence-corrected chi connectivity index (χ0v) is 13.9. The number of hydrogen-bond donors (Lipinski definition) is 0. The van der Waals surface area contributed by atoms with Crippen LogP contribution >= 0.6 is 0 Å². The maximum Gasteiger partial charge on any atom is 0.257 e. The molecule has 1 aromatic carbocycles. The second-order valence-electron chi connectivity index (χ2n) is 6.53. The fraction of sp³-hybridized carbons (Fsp3) is 0.611. The summed E-state index contributed by atoms with van der Waals surface area (Å²) in [5.74, 6) is 1.31. The first-order valence-corrected chi connectivity index (χ1v) is 8.82. The topological polar surface area (TPSA) is 51.2 Å². The van der Waals surface area contributed by atoms with Crippen molar-refractivity contribution in [1.82, 2.24) is 9.80 Å². The average molecular weight is 332 g/mol. The number of benzene rings is 1. The average Bonchev–Trinajstić information content (AvgIpc) is 3.05. The summed E-state index contributed by atoms with van der Waals surface area (Å²) in [7, 11) is 0. The van der Waals surface area contributed by atoms with E-state index < -0.39 is 0 Å². The number of carbonyl (C=O) groups excluding carboxylic acids is 1. The minimum atomic E-state index is 0.0434. The minimum absolute atomic E-state index is 0.0434. The predicted molar refractivity (Wildman–Crippen MR) is 88.7 cm³/mol. The molecule has 24 heavy (non-hydrogen) atoms. The third-order valence-corrected chi connectivity index (χ3v) is 5.04. The van der Waals surface area contributed by atoms with Gasteiger partial charge in [-0.3, -0.25) is 9.69 Å². The molecule has 1 aromatic rings. The molecule has 1 atom stereocenters. The Labute approximate surface area is 142 Å². The second-order valence-corrected chi connectivity index (χ2v) is 6.53. The third-order valence-electron chi connectivity index (χ3n) is 5.04. The molecule has 3 heterocycles. The van der Waals surface area contributed by atoms with Gasteiger partial charge < -0.3 is 19.1 Å². The van der Waals surface area contributed by atoms with Crippen LogP contribution < -0.4 is 9.47 Å². The van der Waals surface area contributed by atoms with Crippen molar-refractivity contribution >= 4 is 5.91 Å². The highest BCUT2D eigenvalue weighted by atomic mass is 16.6. The Morgan fingerprint density at radius 2 is 1.96 bits per heavy atom. The van der Waals surface area contributed by atoms with Gasteiger partial charge in [-0.05, 0) is 25.0 Å². The van der Waals surface area contributed by atoms with Crippen LogP contribution in [0.15, 0.2) is 18.2 Å². The Morgan fingerprint density at radius 3 is 2.83 bits per heavy atom. The van der Waals surface area contributed by atoms with Crippen molar-refractivity contribution in [3.8, 4) is 11.5 Å². The minimum Gasteiger partial charge on any atom is -0.486 e. The molecule has 0 aliphatic carbocycles. The molecule has 3 aliphatic heterocycles. The van der Waals surface area contributed by atoms with Gasteiger partial charge in [-0.15, -0.1) is 0 Å². The summed E-state index contributed by atoms with van der Waals surface area (Å²) in [5.41, 5.74) is 0.616. The van der Waals surface area contributed by atoms with Crippen LogP contribution in [0.5, 0.6) is 11.5 Å². The molecule has 130 valence electrons. The zero-order valence-electron chi connectivity index (χ0n) is 13.9. The molecule has 0 spiro atoms. The molecule has 0 bridgehead atoms. The van der Waals surface area contributed by atoms with Crippen LogP contribution in [0.1, 0.15) is 23.2 Å². The van der Waals surface area contributed by atoms with Gasteiger partial charge in [-0.1, -0.05) is 6.07 Å². The summed E-state index contributed by atoms with van der Waals surface area (Å²) in [6, 6.07) is 6.07. The predicted octanol–water partition coefficient (Wildman–Crippen LogP) is 1.39. The largest absolute Gasteiger partial charge is 0.486 e. The molecular weight excluding hydrogens is 308 g/mol. The van der Waals surface area contributed by atoms with E-state index in [1.807, 2.05) is 23.1 Å². The molecule has 1 amide bonds. The van der Waals surface area contributed by atoms with Crippen LogP contribution in [0, 0.1) is 0 Å². The molecule has 2 saturated heterocycles. The lowest BCUT2D eigenvalue weighted by atomic mass is 10.1. The highest BCUT2D eigenvalue weighted by Gasteiger charge is 2.29. The summed E-state index contributed by atoms with van der Waals surface area (Å²) in [5, 5.41) is 0. The van der Waals surface area contributed by atoms with E-state index in [9.17, 15) is 4.79 Å². The van der Waals surface area contributed by atoms with E-state index in [1.54, 1.807) is 0 Å². The molecule has 1 unspecified atom stereocenters. The van der Waals surface area contributed by atoms with Crippen LogP contribution in [0.25, 0.3) is 0 Å². The van der Waals surface area contributed by atoms with E-state index in [1.165, 1.54) is 0 Å². The molecule has 3 aliphatic rings. The van der Waals surface area contributed by atoms with Crippen molar-refractivity contribution in [3.05, 3.63) is 23.8 Å². The number of amides is 1. The van der Waals surface area contributed by atoms with Crippen LogP contribution in [0.3, 0.4) is 0 Å². The van der Waals surface area contributed by atoms with Crippen molar-refractivity contribution in [3.63, 3.8) is 0 Å². The summed E-state index contributed by atoms with van der Waals surface area (Å²) in [6.07, 6.45) is 2.10. The molecular formula is C18H24N2O4. The summed E-state index contributed by atoms with van der Waals surface area (Å²) < 4.78 is 16.8. The van der Waals surface area contributed by atoms with E-state index in [0.29, 0.717) is 36.3 Å².